The Hall–Kier alpha value is -4.13. The van der Waals surface area contributed by atoms with E-state index < -0.39 is 17.4 Å². The fraction of sp³-hybridized carbons (Fsp3) is 0.241. The maximum atomic E-state index is 14.1. The van der Waals surface area contributed by atoms with Crippen molar-refractivity contribution < 1.29 is 18.7 Å². The molecule has 0 aliphatic rings. The van der Waals surface area contributed by atoms with Gasteiger partial charge in [-0.25, -0.2) is 9.18 Å². The number of H-pyrrole nitrogens is 1. The lowest BCUT2D eigenvalue weighted by atomic mass is 9.91. The first kappa shape index (κ1) is 25.0. The molecule has 1 heterocycles. The van der Waals surface area contributed by atoms with E-state index in [2.05, 4.69) is 15.6 Å². The zero-order chi connectivity index (χ0) is 25.7. The molecule has 2 amide bonds. The number of rotatable bonds is 8. The number of aromatic nitrogens is 1. The first-order chi connectivity index (χ1) is 17.2. The molecule has 0 radical (unpaired) electrons. The highest BCUT2D eigenvalue weighted by molar-refractivity contribution is 5.91. The lowest BCUT2D eigenvalue weighted by Gasteiger charge is -2.31. The number of halogens is 1. The second kappa shape index (κ2) is 10.6. The van der Waals surface area contributed by atoms with Crippen LogP contribution >= 0.6 is 0 Å². The Morgan fingerprint density at radius 3 is 2.53 bits per heavy atom. The molecule has 7 heteroatoms. The average Bonchev–Trinajstić information content (AvgIpc) is 3.27. The van der Waals surface area contributed by atoms with Crippen molar-refractivity contribution in [3.63, 3.8) is 0 Å². The number of carbonyl (C=O) groups excluding carboxylic acids is 2. The summed E-state index contributed by atoms with van der Waals surface area (Å²) in [5.74, 6) is -0.813. The number of carbonyl (C=O) groups is 2. The number of aryl methyl sites for hydroxylation is 1. The molecule has 2 atom stereocenters. The zero-order valence-electron chi connectivity index (χ0n) is 20.6. The van der Waals surface area contributed by atoms with Crippen molar-refractivity contribution in [1.82, 2.24) is 15.6 Å². The Kier molecular flexibility index (Phi) is 7.38. The minimum absolute atomic E-state index is 0.220. The molecular formula is C29H30FN3O3. The van der Waals surface area contributed by atoms with Crippen molar-refractivity contribution in [3.05, 3.63) is 107 Å². The Morgan fingerprint density at radius 2 is 1.75 bits per heavy atom. The van der Waals surface area contributed by atoms with Gasteiger partial charge in [-0.05, 0) is 50.1 Å². The molecule has 3 aromatic carbocycles. The van der Waals surface area contributed by atoms with Crippen molar-refractivity contribution in [2.75, 3.05) is 0 Å². The number of hydrogen-bond donors (Lipinski definition) is 3. The molecule has 0 aliphatic heterocycles. The minimum atomic E-state index is -1.34. The van der Waals surface area contributed by atoms with Gasteiger partial charge in [0.25, 0.3) is 0 Å². The molecule has 1 aromatic heterocycles. The van der Waals surface area contributed by atoms with E-state index in [4.69, 9.17) is 4.74 Å². The summed E-state index contributed by atoms with van der Waals surface area (Å²) in [6.07, 6.45) is 1.25. The van der Waals surface area contributed by atoms with Crippen molar-refractivity contribution in [2.45, 2.75) is 45.4 Å². The second-order valence-corrected chi connectivity index (χ2v) is 9.27. The fourth-order valence-corrected chi connectivity index (χ4v) is 4.24. The van der Waals surface area contributed by atoms with E-state index in [9.17, 15) is 14.0 Å². The first-order valence-corrected chi connectivity index (χ1v) is 11.9. The van der Waals surface area contributed by atoms with Gasteiger partial charge in [0.05, 0.1) is 6.04 Å². The molecule has 3 N–H and O–H groups in total. The van der Waals surface area contributed by atoms with E-state index in [0.717, 1.165) is 27.6 Å². The van der Waals surface area contributed by atoms with Gasteiger partial charge in [-0.1, -0.05) is 60.2 Å². The molecule has 0 fully saturated rings. The van der Waals surface area contributed by atoms with Crippen molar-refractivity contribution in [3.8, 4) is 0 Å². The predicted octanol–water partition coefficient (Wildman–Crippen LogP) is 5.72. The maximum absolute atomic E-state index is 14.1. The van der Waals surface area contributed by atoms with Crippen molar-refractivity contribution in [2.24, 2.45) is 0 Å². The number of benzene rings is 3. The number of para-hydroxylation sites is 1. The Bertz CT molecular complexity index is 1370. The van der Waals surface area contributed by atoms with Crippen LogP contribution in [-0.2, 0) is 22.6 Å². The third kappa shape index (κ3) is 5.74. The van der Waals surface area contributed by atoms with Crippen LogP contribution in [-0.4, -0.2) is 22.5 Å². The summed E-state index contributed by atoms with van der Waals surface area (Å²) in [5, 5.41) is 6.72. The zero-order valence-corrected chi connectivity index (χ0v) is 20.6. The highest BCUT2D eigenvalue weighted by Crippen LogP contribution is 2.24. The smallest absolute Gasteiger partial charge is 0.408 e. The number of fused-ring (bicyclic) bond motifs is 1. The summed E-state index contributed by atoms with van der Waals surface area (Å²) in [5.41, 5.74) is 2.54. The van der Waals surface area contributed by atoms with Gasteiger partial charge >= 0.3 is 6.09 Å². The number of hydrogen-bond acceptors (Lipinski definition) is 3. The highest BCUT2D eigenvalue weighted by Gasteiger charge is 2.37. The van der Waals surface area contributed by atoms with Gasteiger partial charge in [-0.15, -0.1) is 0 Å². The normalized spacial score (nSPS) is 13.6. The maximum Gasteiger partial charge on any atom is 0.408 e. The Morgan fingerprint density at radius 1 is 1.03 bits per heavy atom. The first-order valence-electron chi connectivity index (χ1n) is 11.9. The number of ether oxygens (including phenoxy) is 1. The van der Waals surface area contributed by atoms with Crippen LogP contribution in [0.2, 0.25) is 0 Å². The SMILES string of the molecule is Cc1ccc(F)c(COC(=O)N[C@](C)(Cc2c[nH]c3ccccc23)C(=O)N[C@@H](C)c2ccccc2)c1. The van der Waals surface area contributed by atoms with E-state index in [1.165, 1.54) is 6.07 Å². The van der Waals surface area contributed by atoms with Crippen LogP contribution in [0.4, 0.5) is 9.18 Å². The van der Waals surface area contributed by atoms with Crippen LogP contribution in [0.15, 0.2) is 79.0 Å². The fourth-order valence-electron chi connectivity index (χ4n) is 4.24. The molecule has 186 valence electrons. The van der Waals surface area contributed by atoms with Gasteiger partial charge in [-0.2, -0.15) is 0 Å². The summed E-state index contributed by atoms with van der Waals surface area (Å²) < 4.78 is 19.4. The Balaban J connectivity index is 1.55. The molecule has 0 spiro atoms. The van der Waals surface area contributed by atoms with Crippen molar-refractivity contribution in [1.29, 1.82) is 0 Å². The Labute approximate surface area is 209 Å². The van der Waals surface area contributed by atoms with Crippen LogP contribution in [0.1, 0.15) is 42.1 Å². The second-order valence-electron chi connectivity index (χ2n) is 9.27. The standard InChI is InChI=1S/C29H30FN3O3/c1-19-13-14-25(30)22(15-19)18-36-28(35)33-29(3,16-23-17-31-26-12-8-7-11-24(23)26)27(34)32-20(2)21-9-5-4-6-10-21/h4-15,17,20,31H,16,18H2,1-3H3,(H,32,34)(H,33,35)/t20-,29+/m0/s1. The van der Waals surface area contributed by atoms with Gasteiger partial charge < -0.3 is 20.4 Å². The molecule has 0 bridgehead atoms. The number of amides is 2. The largest absolute Gasteiger partial charge is 0.445 e. The van der Waals surface area contributed by atoms with Crippen molar-refractivity contribution >= 4 is 22.9 Å². The molecule has 0 saturated carbocycles. The summed E-state index contributed by atoms with van der Waals surface area (Å²) in [6.45, 7) is 5.14. The van der Waals surface area contributed by atoms with E-state index >= 15 is 0 Å². The monoisotopic (exact) mass is 487 g/mol. The lowest BCUT2D eigenvalue weighted by Crippen LogP contribution is -2.58. The van der Waals surface area contributed by atoms with Crippen LogP contribution in [0, 0.1) is 12.7 Å². The summed E-state index contributed by atoms with van der Waals surface area (Å²) in [4.78, 5) is 29.6. The van der Waals surface area contributed by atoms with Gasteiger partial charge in [0.1, 0.15) is 18.0 Å². The van der Waals surface area contributed by atoms with Crippen LogP contribution in [0.3, 0.4) is 0 Å². The molecule has 4 rings (SSSR count). The number of nitrogens with one attached hydrogen (secondary N) is 3. The van der Waals surface area contributed by atoms with Crippen LogP contribution in [0.25, 0.3) is 10.9 Å². The summed E-state index contributed by atoms with van der Waals surface area (Å²) in [7, 11) is 0. The molecule has 0 saturated heterocycles. The van der Waals surface area contributed by atoms with Crippen LogP contribution < -0.4 is 10.6 Å². The number of aromatic amines is 1. The number of alkyl carbamates (subject to hydrolysis) is 1. The van der Waals surface area contributed by atoms with E-state index in [1.807, 2.05) is 74.6 Å². The van der Waals surface area contributed by atoms with Crippen LogP contribution in [0.5, 0.6) is 0 Å². The summed E-state index contributed by atoms with van der Waals surface area (Å²) in [6, 6.07) is 21.7. The lowest BCUT2D eigenvalue weighted by molar-refractivity contribution is -0.127. The molecule has 0 aliphatic carbocycles. The molecule has 36 heavy (non-hydrogen) atoms. The van der Waals surface area contributed by atoms with Gasteiger partial charge in [0, 0.05) is 29.1 Å². The van der Waals surface area contributed by atoms with Gasteiger partial charge in [0.15, 0.2) is 0 Å². The summed E-state index contributed by atoms with van der Waals surface area (Å²) >= 11 is 0. The van der Waals surface area contributed by atoms with E-state index in [0.29, 0.717) is 0 Å². The third-order valence-electron chi connectivity index (χ3n) is 6.31. The van der Waals surface area contributed by atoms with Gasteiger partial charge in [0.2, 0.25) is 5.91 Å². The van der Waals surface area contributed by atoms with E-state index in [-0.39, 0.29) is 30.5 Å². The molecular weight excluding hydrogens is 457 g/mol. The molecule has 0 unspecified atom stereocenters. The minimum Gasteiger partial charge on any atom is -0.445 e. The van der Waals surface area contributed by atoms with Gasteiger partial charge in [-0.3, -0.25) is 4.79 Å². The molecule has 4 aromatic rings. The third-order valence-corrected chi connectivity index (χ3v) is 6.31. The van der Waals surface area contributed by atoms with E-state index in [1.54, 1.807) is 19.1 Å². The quantitative estimate of drug-likeness (QED) is 0.297. The average molecular weight is 488 g/mol. The predicted molar refractivity (Wildman–Crippen MR) is 138 cm³/mol. The topological polar surface area (TPSA) is 83.2 Å². The molecule has 6 nitrogen and oxygen atoms in total. The highest BCUT2D eigenvalue weighted by atomic mass is 19.1.